The van der Waals surface area contributed by atoms with Crippen molar-refractivity contribution in [3.8, 4) is 0 Å². The van der Waals surface area contributed by atoms with Gasteiger partial charge in [-0.1, -0.05) is 35.5 Å². The third-order valence-electron chi connectivity index (χ3n) is 3.65. The highest BCUT2D eigenvalue weighted by atomic mass is 19.1. The molecule has 0 atom stereocenters. The summed E-state index contributed by atoms with van der Waals surface area (Å²) in [6.45, 7) is 0. The van der Waals surface area contributed by atoms with Crippen LogP contribution in [0.2, 0.25) is 0 Å². The van der Waals surface area contributed by atoms with Gasteiger partial charge in [-0.05, 0) is 41.1 Å². The summed E-state index contributed by atoms with van der Waals surface area (Å²) in [5.41, 5.74) is 1.07. The Kier molecular flexibility index (Phi) is 3.05. The van der Waals surface area contributed by atoms with E-state index in [1.807, 2.05) is 42.5 Å². The number of carbonyl (C=O) groups is 1. The maximum atomic E-state index is 13.4. The summed E-state index contributed by atoms with van der Waals surface area (Å²) >= 11 is 0. The number of amides is 1. The highest BCUT2D eigenvalue weighted by molar-refractivity contribution is 6.11. The lowest BCUT2D eigenvalue weighted by molar-refractivity contribution is 0.102. The zero-order valence-corrected chi connectivity index (χ0v) is 11.9. The predicted octanol–water partition coefficient (Wildman–Crippen LogP) is 4.37. The van der Waals surface area contributed by atoms with Crippen molar-refractivity contribution in [3.05, 3.63) is 72.2 Å². The first kappa shape index (κ1) is 13.5. The minimum absolute atomic E-state index is 0.0626. The van der Waals surface area contributed by atoms with E-state index in [-0.39, 0.29) is 5.69 Å². The molecule has 0 spiro atoms. The molecule has 3 aromatic carbocycles. The van der Waals surface area contributed by atoms with Crippen LogP contribution < -0.4 is 5.32 Å². The molecule has 0 saturated carbocycles. The summed E-state index contributed by atoms with van der Waals surface area (Å²) in [6.07, 6.45) is 0. The van der Waals surface area contributed by atoms with E-state index in [1.54, 1.807) is 0 Å². The minimum atomic E-state index is -0.444. The Morgan fingerprint density at radius 2 is 1.83 bits per heavy atom. The van der Waals surface area contributed by atoms with Crippen LogP contribution in [0.3, 0.4) is 0 Å². The van der Waals surface area contributed by atoms with Gasteiger partial charge in [-0.2, -0.15) is 0 Å². The van der Waals surface area contributed by atoms with Gasteiger partial charge in [0.05, 0.1) is 5.39 Å². The number of rotatable bonds is 2. The maximum Gasteiger partial charge on any atom is 0.278 e. The molecule has 0 fully saturated rings. The standard InChI is InChI=1S/C18H11FN2O2/c19-13-6-8-16-15(10-13)17(21-23-16)18(22)20-14-7-5-11-3-1-2-4-12(11)9-14/h1-10H,(H,20,22). The third kappa shape index (κ3) is 2.42. The highest BCUT2D eigenvalue weighted by Crippen LogP contribution is 2.22. The van der Waals surface area contributed by atoms with Crippen molar-refractivity contribution < 1.29 is 13.7 Å². The second-order valence-electron chi connectivity index (χ2n) is 5.19. The lowest BCUT2D eigenvalue weighted by atomic mass is 10.1. The van der Waals surface area contributed by atoms with Crippen molar-refractivity contribution in [1.82, 2.24) is 5.16 Å². The number of nitrogens with zero attached hydrogens (tertiary/aromatic N) is 1. The van der Waals surface area contributed by atoms with Crippen LogP contribution in [0.4, 0.5) is 10.1 Å². The SMILES string of the molecule is O=C(Nc1ccc2ccccc2c1)c1noc2ccc(F)cc12. The van der Waals surface area contributed by atoms with E-state index in [9.17, 15) is 9.18 Å². The molecule has 1 amide bonds. The summed E-state index contributed by atoms with van der Waals surface area (Å²) in [5.74, 6) is -0.884. The molecular weight excluding hydrogens is 295 g/mol. The number of carbonyl (C=O) groups excluding carboxylic acids is 1. The molecule has 0 radical (unpaired) electrons. The summed E-state index contributed by atoms with van der Waals surface area (Å²) in [5, 5.41) is 8.95. The quantitative estimate of drug-likeness (QED) is 0.598. The summed E-state index contributed by atoms with van der Waals surface area (Å²) in [6, 6.07) is 17.4. The van der Waals surface area contributed by atoms with Crippen LogP contribution in [0.5, 0.6) is 0 Å². The Hall–Kier alpha value is -3.21. The van der Waals surface area contributed by atoms with Gasteiger partial charge in [-0.3, -0.25) is 4.79 Å². The van der Waals surface area contributed by atoms with Crippen LogP contribution in [-0.4, -0.2) is 11.1 Å². The van der Waals surface area contributed by atoms with E-state index in [0.29, 0.717) is 16.7 Å². The fourth-order valence-electron chi connectivity index (χ4n) is 2.53. The van der Waals surface area contributed by atoms with Crippen molar-refractivity contribution in [3.63, 3.8) is 0 Å². The fraction of sp³-hybridized carbons (Fsp3) is 0. The number of hydrogen-bond donors (Lipinski definition) is 1. The number of nitrogens with one attached hydrogen (secondary N) is 1. The van der Waals surface area contributed by atoms with Gasteiger partial charge < -0.3 is 9.84 Å². The van der Waals surface area contributed by atoms with E-state index in [2.05, 4.69) is 10.5 Å². The Balaban J connectivity index is 1.69. The Bertz CT molecular complexity index is 1040. The number of hydrogen-bond acceptors (Lipinski definition) is 3. The topological polar surface area (TPSA) is 55.1 Å². The smallest absolute Gasteiger partial charge is 0.278 e. The maximum absolute atomic E-state index is 13.4. The van der Waals surface area contributed by atoms with E-state index < -0.39 is 11.7 Å². The number of anilines is 1. The molecular formula is C18H11FN2O2. The molecule has 4 rings (SSSR count). The van der Waals surface area contributed by atoms with Crippen molar-refractivity contribution in [2.75, 3.05) is 5.32 Å². The molecule has 0 unspecified atom stereocenters. The van der Waals surface area contributed by atoms with Gasteiger partial charge >= 0.3 is 0 Å². The van der Waals surface area contributed by atoms with Gasteiger partial charge in [-0.25, -0.2) is 4.39 Å². The summed E-state index contributed by atoms with van der Waals surface area (Å²) in [4.78, 5) is 12.4. The molecule has 5 heteroatoms. The number of halogens is 1. The number of fused-ring (bicyclic) bond motifs is 2. The summed E-state index contributed by atoms with van der Waals surface area (Å²) < 4.78 is 18.4. The van der Waals surface area contributed by atoms with Crippen LogP contribution in [-0.2, 0) is 0 Å². The minimum Gasteiger partial charge on any atom is -0.355 e. The zero-order chi connectivity index (χ0) is 15.8. The molecule has 4 aromatic rings. The first-order chi connectivity index (χ1) is 11.2. The highest BCUT2D eigenvalue weighted by Gasteiger charge is 2.17. The third-order valence-corrected chi connectivity index (χ3v) is 3.65. The lowest BCUT2D eigenvalue weighted by Gasteiger charge is -2.05. The van der Waals surface area contributed by atoms with Crippen molar-refractivity contribution in [2.24, 2.45) is 0 Å². The molecule has 1 N–H and O–H groups in total. The average molecular weight is 306 g/mol. The van der Waals surface area contributed by atoms with Crippen molar-refractivity contribution in [1.29, 1.82) is 0 Å². The molecule has 23 heavy (non-hydrogen) atoms. The van der Waals surface area contributed by atoms with Gasteiger partial charge in [-0.15, -0.1) is 0 Å². The van der Waals surface area contributed by atoms with Crippen molar-refractivity contribution >= 4 is 33.3 Å². The first-order valence-corrected chi connectivity index (χ1v) is 7.06. The van der Waals surface area contributed by atoms with Crippen LogP contribution in [0, 0.1) is 5.82 Å². The molecule has 1 aromatic heterocycles. The molecule has 0 aliphatic heterocycles. The van der Waals surface area contributed by atoms with Crippen LogP contribution in [0.15, 0.2) is 65.2 Å². The van der Waals surface area contributed by atoms with E-state index in [0.717, 1.165) is 10.8 Å². The lowest BCUT2D eigenvalue weighted by Crippen LogP contribution is -2.12. The molecule has 0 bridgehead atoms. The van der Waals surface area contributed by atoms with E-state index >= 15 is 0 Å². The molecule has 4 nitrogen and oxygen atoms in total. The number of aromatic nitrogens is 1. The predicted molar refractivity (Wildman–Crippen MR) is 85.9 cm³/mol. The Morgan fingerprint density at radius 3 is 2.70 bits per heavy atom. The zero-order valence-electron chi connectivity index (χ0n) is 11.9. The van der Waals surface area contributed by atoms with Gasteiger partial charge in [0.1, 0.15) is 5.82 Å². The Morgan fingerprint density at radius 1 is 1.00 bits per heavy atom. The van der Waals surface area contributed by atoms with Crippen molar-refractivity contribution in [2.45, 2.75) is 0 Å². The fourth-order valence-corrected chi connectivity index (χ4v) is 2.53. The summed E-state index contributed by atoms with van der Waals surface area (Å²) in [7, 11) is 0. The average Bonchev–Trinajstić information content (AvgIpc) is 2.98. The van der Waals surface area contributed by atoms with Gasteiger partial charge in [0.15, 0.2) is 11.3 Å². The van der Waals surface area contributed by atoms with Crippen LogP contribution in [0.1, 0.15) is 10.5 Å². The molecule has 1 heterocycles. The van der Waals surface area contributed by atoms with Gasteiger partial charge in [0.2, 0.25) is 0 Å². The first-order valence-electron chi connectivity index (χ1n) is 7.06. The molecule has 0 aliphatic rings. The number of benzene rings is 3. The normalized spacial score (nSPS) is 11.0. The second-order valence-corrected chi connectivity index (χ2v) is 5.19. The molecule has 0 saturated heterocycles. The van der Waals surface area contributed by atoms with E-state index in [4.69, 9.17) is 4.52 Å². The molecule has 0 aliphatic carbocycles. The van der Waals surface area contributed by atoms with Gasteiger partial charge in [0, 0.05) is 5.69 Å². The molecule has 112 valence electrons. The largest absolute Gasteiger partial charge is 0.355 e. The van der Waals surface area contributed by atoms with Gasteiger partial charge in [0.25, 0.3) is 5.91 Å². The van der Waals surface area contributed by atoms with Crippen LogP contribution in [0.25, 0.3) is 21.7 Å². The van der Waals surface area contributed by atoms with E-state index in [1.165, 1.54) is 18.2 Å². The second kappa shape index (κ2) is 5.21. The Labute approximate surface area is 130 Å². The monoisotopic (exact) mass is 306 g/mol. The van der Waals surface area contributed by atoms with Crippen LogP contribution >= 0.6 is 0 Å².